The largest absolute Gasteiger partial charge is 0.504 e. The third kappa shape index (κ3) is 2.38. The molecule has 1 aromatic carbocycles. The van der Waals surface area contributed by atoms with Gasteiger partial charge in [0.25, 0.3) is 5.91 Å². The summed E-state index contributed by atoms with van der Waals surface area (Å²) in [5, 5.41) is 27.7. The van der Waals surface area contributed by atoms with Crippen LogP contribution in [-0.2, 0) is 0 Å². The summed E-state index contributed by atoms with van der Waals surface area (Å²) in [5.74, 6) is -1.04. The number of amides is 1. The molecule has 1 saturated carbocycles. The van der Waals surface area contributed by atoms with Crippen molar-refractivity contribution in [3.63, 3.8) is 0 Å². The summed E-state index contributed by atoms with van der Waals surface area (Å²) in [4.78, 5) is 13.8. The summed E-state index contributed by atoms with van der Waals surface area (Å²) >= 11 is 0. The van der Waals surface area contributed by atoms with E-state index < -0.39 is 5.75 Å². The Balaban J connectivity index is 2.22. The van der Waals surface area contributed by atoms with Gasteiger partial charge in [-0.3, -0.25) is 4.79 Å². The van der Waals surface area contributed by atoms with Gasteiger partial charge in [-0.2, -0.15) is 5.26 Å². The van der Waals surface area contributed by atoms with Gasteiger partial charge in [-0.1, -0.05) is 6.07 Å². The number of carbonyl (C=O) groups is 1. The van der Waals surface area contributed by atoms with E-state index in [1.54, 1.807) is 4.90 Å². The second-order valence-corrected chi connectivity index (χ2v) is 4.31. The summed E-state index contributed by atoms with van der Waals surface area (Å²) in [6.45, 7) is 0.356. The van der Waals surface area contributed by atoms with Crippen LogP contribution in [0.5, 0.6) is 11.5 Å². The van der Waals surface area contributed by atoms with Gasteiger partial charge in [-0.25, -0.2) is 0 Å². The Kier molecular flexibility index (Phi) is 3.38. The fraction of sp³-hybridized carbons (Fsp3) is 0.385. The molecule has 0 aliphatic heterocycles. The zero-order valence-electron chi connectivity index (χ0n) is 9.83. The third-order valence-corrected chi connectivity index (χ3v) is 2.96. The molecule has 1 aliphatic rings. The quantitative estimate of drug-likeness (QED) is 0.790. The molecule has 5 nitrogen and oxygen atoms in total. The number of hydrogen-bond acceptors (Lipinski definition) is 4. The smallest absolute Gasteiger partial charge is 0.258 e. The molecule has 2 rings (SSSR count). The lowest BCUT2D eigenvalue weighted by Gasteiger charge is -2.21. The van der Waals surface area contributed by atoms with E-state index in [9.17, 15) is 15.0 Å². The van der Waals surface area contributed by atoms with Crippen molar-refractivity contribution in [2.24, 2.45) is 0 Å². The van der Waals surface area contributed by atoms with Crippen LogP contribution in [0.15, 0.2) is 18.2 Å². The van der Waals surface area contributed by atoms with Crippen molar-refractivity contribution in [2.45, 2.75) is 25.3 Å². The van der Waals surface area contributed by atoms with E-state index in [0.29, 0.717) is 6.54 Å². The zero-order chi connectivity index (χ0) is 13.1. The van der Waals surface area contributed by atoms with Crippen molar-refractivity contribution in [2.75, 3.05) is 6.54 Å². The molecule has 18 heavy (non-hydrogen) atoms. The van der Waals surface area contributed by atoms with Crippen LogP contribution in [0.3, 0.4) is 0 Å². The van der Waals surface area contributed by atoms with Crippen molar-refractivity contribution in [3.8, 4) is 17.6 Å². The Morgan fingerprint density at radius 2 is 2.17 bits per heavy atom. The number of nitrogens with zero attached hydrogens (tertiary/aromatic N) is 2. The van der Waals surface area contributed by atoms with Crippen molar-refractivity contribution in [1.82, 2.24) is 4.90 Å². The molecular weight excluding hydrogens is 232 g/mol. The molecule has 1 aromatic rings. The topological polar surface area (TPSA) is 84.6 Å². The molecule has 0 aromatic heterocycles. The van der Waals surface area contributed by atoms with E-state index in [0.717, 1.165) is 12.8 Å². The number of carbonyl (C=O) groups excluding carboxylic acids is 1. The Hall–Kier alpha value is -2.22. The van der Waals surface area contributed by atoms with Gasteiger partial charge < -0.3 is 15.1 Å². The first-order chi connectivity index (χ1) is 8.65. The maximum Gasteiger partial charge on any atom is 0.258 e. The van der Waals surface area contributed by atoms with Crippen LogP contribution in [0.25, 0.3) is 0 Å². The minimum Gasteiger partial charge on any atom is -0.504 e. The van der Waals surface area contributed by atoms with E-state index in [1.807, 2.05) is 6.07 Å². The molecule has 0 unspecified atom stereocenters. The molecule has 1 aliphatic carbocycles. The van der Waals surface area contributed by atoms with Crippen molar-refractivity contribution in [1.29, 1.82) is 5.26 Å². The lowest BCUT2D eigenvalue weighted by Crippen LogP contribution is -2.33. The highest BCUT2D eigenvalue weighted by Gasteiger charge is 2.33. The molecule has 94 valence electrons. The molecule has 0 spiro atoms. The van der Waals surface area contributed by atoms with Gasteiger partial charge in [0.1, 0.15) is 0 Å². The van der Waals surface area contributed by atoms with Crippen LogP contribution in [0.1, 0.15) is 29.6 Å². The number of phenolic OH excluding ortho intramolecular Hbond substituents is 2. The van der Waals surface area contributed by atoms with Crippen LogP contribution >= 0.6 is 0 Å². The normalized spacial score (nSPS) is 13.9. The van der Waals surface area contributed by atoms with Crippen LogP contribution < -0.4 is 0 Å². The predicted molar refractivity (Wildman–Crippen MR) is 64.1 cm³/mol. The minimum atomic E-state index is -0.398. The fourth-order valence-corrected chi connectivity index (χ4v) is 1.87. The van der Waals surface area contributed by atoms with Crippen LogP contribution in [0, 0.1) is 11.3 Å². The Bertz CT molecular complexity index is 503. The number of rotatable bonds is 4. The molecule has 2 N–H and O–H groups in total. The first-order valence-electron chi connectivity index (χ1n) is 5.84. The van der Waals surface area contributed by atoms with E-state index in [4.69, 9.17) is 5.26 Å². The van der Waals surface area contributed by atoms with Crippen molar-refractivity contribution in [3.05, 3.63) is 23.8 Å². The van der Waals surface area contributed by atoms with Gasteiger partial charge in [-0.15, -0.1) is 0 Å². The molecule has 0 atom stereocenters. The number of hydrogen-bond donors (Lipinski definition) is 2. The SMILES string of the molecule is N#CCCN(C(=O)c1cccc(O)c1O)C1CC1. The van der Waals surface area contributed by atoms with Crippen LogP contribution in [0.4, 0.5) is 0 Å². The fourth-order valence-electron chi connectivity index (χ4n) is 1.87. The maximum absolute atomic E-state index is 12.3. The second kappa shape index (κ2) is 4.96. The van der Waals surface area contributed by atoms with Gasteiger partial charge in [0, 0.05) is 12.6 Å². The average Bonchev–Trinajstić information content (AvgIpc) is 3.17. The molecular formula is C13H14N2O3. The molecule has 1 amide bonds. The van der Waals surface area contributed by atoms with Crippen molar-refractivity contribution < 1.29 is 15.0 Å². The van der Waals surface area contributed by atoms with Gasteiger partial charge >= 0.3 is 0 Å². The first kappa shape index (κ1) is 12.2. The molecule has 5 heteroatoms. The van der Waals surface area contributed by atoms with E-state index in [1.165, 1.54) is 18.2 Å². The molecule has 0 saturated heterocycles. The first-order valence-corrected chi connectivity index (χ1v) is 5.84. The lowest BCUT2D eigenvalue weighted by atomic mass is 10.1. The Morgan fingerprint density at radius 1 is 1.44 bits per heavy atom. The summed E-state index contributed by atoms with van der Waals surface area (Å²) in [6, 6.07) is 6.47. The average molecular weight is 246 g/mol. The highest BCUT2D eigenvalue weighted by Crippen LogP contribution is 2.33. The molecule has 0 radical (unpaired) electrons. The summed E-state index contributed by atoms with van der Waals surface area (Å²) in [7, 11) is 0. The molecule has 1 fully saturated rings. The number of aromatic hydroxyl groups is 2. The van der Waals surface area contributed by atoms with Gasteiger partial charge in [0.05, 0.1) is 18.1 Å². The monoisotopic (exact) mass is 246 g/mol. The van der Waals surface area contributed by atoms with E-state index in [-0.39, 0.29) is 29.7 Å². The summed E-state index contributed by atoms with van der Waals surface area (Å²) < 4.78 is 0. The van der Waals surface area contributed by atoms with E-state index in [2.05, 4.69) is 0 Å². The van der Waals surface area contributed by atoms with Crippen LogP contribution in [0.2, 0.25) is 0 Å². The summed E-state index contributed by atoms with van der Waals surface area (Å²) in [6.07, 6.45) is 2.12. The van der Waals surface area contributed by atoms with Gasteiger partial charge in [0.15, 0.2) is 11.5 Å². The highest BCUT2D eigenvalue weighted by atomic mass is 16.3. The van der Waals surface area contributed by atoms with E-state index >= 15 is 0 Å². The van der Waals surface area contributed by atoms with Gasteiger partial charge in [0.2, 0.25) is 0 Å². The third-order valence-electron chi connectivity index (χ3n) is 2.96. The Labute approximate surface area is 105 Å². The number of nitriles is 1. The molecule has 0 bridgehead atoms. The van der Waals surface area contributed by atoms with Gasteiger partial charge in [-0.05, 0) is 25.0 Å². The van der Waals surface area contributed by atoms with Crippen molar-refractivity contribution >= 4 is 5.91 Å². The second-order valence-electron chi connectivity index (χ2n) is 4.31. The standard InChI is InChI=1S/C13H14N2O3/c14-7-2-8-15(9-5-6-9)13(18)10-3-1-4-11(16)12(10)17/h1,3-4,9,16-17H,2,5-6,8H2. The minimum absolute atomic E-state index is 0.0832. The predicted octanol–water partition coefficient (Wildman–Crippen LogP) is 1.62. The number of para-hydroxylation sites is 1. The molecule has 0 heterocycles. The Morgan fingerprint density at radius 3 is 2.78 bits per heavy atom. The lowest BCUT2D eigenvalue weighted by molar-refractivity contribution is 0.0743. The van der Waals surface area contributed by atoms with Crippen LogP contribution in [-0.4, -0.2) is 33.6 Å². The highest BCUT2D eigenvalue weighted by molar-refractivity contribution is 5.98. The maximum atomic E-state index is 12.3. The number of phenols is 2. The zero-order valence-corrected chi connectivity index (χ0v) is 9.83. The number of benzene rings is 1. The summed E-state index contributed by atoms with van der Waals surface area (Å²) in [5.41, 5.74) is 0.0832.